The zero-order valence-corrected chi connectivity index (χ0v) is 15.9. The lowest BCUT2D eigenvalue weighted by atomic mass is 9.99. The number of aromatic amines is 1. The van der Waals surface area contributed by atoms with Gasteiger partial charge in [0, 0.05) is 18.1 Å². The molecule has 0 unspecified atom stereocenters. The highest BCUT2D eigenvalue weighted by Gasteiger charge is 2.21. The van der Waals surface area contributed by atoms with E-state index in [0.29, 0.717) is 33.4 Å². The van der Waals surface area contributed by atoms with E-state index in [1.54, 1.807) is 25.3 Å². The first-order chi connectivity index (χ1) is 12.1. The molecule has 8 heteroatoms. The zero-order valence-electron chi connectivity index (χ0n) is 14.3. The van der Waals surface area contributed by atoms with Gasteiger partial charge in [-0.2, -0.15) is 0 Å². The Labute approximate surface area is 156 Å². The molecule has 0 saturated carbocycles. The molecule has 0 spiro atoms. The molecule has 25 heavy (non-hydrogen) atoms. The number of carbonyl (C=O) groups is 1. The van der Waals surface area contributed by atoms with Crippen LogP contribution in [-0.4, -0.2) is 51.9 Å². The fourth-order valence-electron chi connectivity index (χ4n) is 2.77. The highest BCUT2D eigenvalue weighted by Crippen LogP contribution is 2.31. The van der Waals surface area contributed by atoms with Crippen LogP contribution in [0, 0.1) is 5.92 Å². The lowest BCUT2D eigenvalue weighted by Gasteiger charge is -2.30. The molecule has 1 N–H and O–H groups in total. The predicted molar refractivity (Wildman–Crippen MR) is 99.1 cm³/mol. The molecule has 0 radical (unpaired) electrons. The molecule has 0 atom stereocenters. The van der Waals surface area contributed by atoms with Crippen molar-refractivity contribution in [1.82, 2.24) is 20.1 Å². The second kappa shape index (κ2) is 8.10. The van der Waals surface area contributed by atoms with Crippen LogP contribution >= 0.6 is 23.4 Å². The minimum atomic E-state index is 0.142. The molecule has 3 rings (SSSR count). The summed E-state index contributed by atoms with van der Waals surface area (Å²) in [5.74, 6) is 2.43. The number of aromatic nitrogens is 3. The third-order valence-electron chi connectivity index (χ3n) is 4.34. The van der Waals surface area contributed by atoms with Crippen LogP contribution in [0.1, 0.15) is 19.8 Å². The molecule has 1 aromatic heterocycles. The summed E-state index contributed by atoms with van der Waals surface area (Å²) in [7, 11) is 1.59. The van der Waals surface area contributed by atoms with Crippen LogP contribution in [0.25, 0.3) is 11.4 Å². The summed E-state index contributed by atoms with van der Waals surface area (Å²) < 4.78 is 5.34. The van der Waals surface area contributed by atoms with Crippen molar-refractivity contribution in [3.63, 3.8) is 0 Å². The SMILES string of the molecule is COc1ccc(Cl)cc1-c1nc(SCC(=O)N2CCC(C)CC2)n[nH]1. The first kappa shape index (κ1) is 18.1. The van der Waals surface area contributed by atoms with Gasteiger partial charge in [0.1, 0.15) is 5.75 Å². The Kier molecular flexibility index (Phi) is 5.86. The summed E-state index contributed by atoms with van der Waals surface area (Å²) in [6, 6.07) is 5.32. The lowest BCUT2D eigenvalue weighted by Crippen LogP contribution is -2.38. The summed E-state index contributed by atoms with van der Waals surface area (Å²) in [5.41, 5.74) is 0.741. The number of rotatable bonds is 5. The van der Waals surface area contributed by atoms with Gasteiger partial charge in [-0.1, -0.05) is 30.3 Å². The van der Waals surface area contributed by atoms with Crippen LogP contribution in [0.3, 0.4) is 0 Å². The molecule has 1 aliphatic rings. The maximum Gasteiger partial charge on any atom is 0.233 e. The van der Waals surface area contributed by atoms with Gasteiger partial charge in [0.2, 0.25) is 11.1 Å². The van der Waals surface area contributed by atoms with Crippen molar-refractivity contribution in [2.75, 3.05) is 26.0 Å². The number of amides is 1. The minimum absolute atomic E-state index is 0.142. The van der Waals surface area contributed by atoms with Crippen LogP contribution in [0.5, 0.6) is 5.75 Å². The summed E-state index contributed by atoms with van der Waals surface area (Å²) in [6.07, 6.45) is 2.16. The maximum atomic E-state index is 12.3. The highest BCUT2D eigenvalue weighted by molar-refractivity contribution is 7.99. The van der Waals surface area contributed by atoms with Gasteiger partial charge < -0.3 is 9.64 Å². The van der Waals surface area contributed by atoms with Crippen molar-refractivity contribution >= 4 is 29.3 Å². The van der Waals surface area contributed by atoms with Gasteiger partial charge in [0.25, 0.3) is 0 Å². The molecular weight excluding hydrogens is 360 g/mol. The van der Waals surface area contributed by atoms with Gasteiger partial charge in [0.15, 0.2) is 5.82 Å². The minimum Gasteiger partial charge on any atom is -0.496 e. The average Bonchev–Trinajstić information content (AvgIpc) is 3.09. The number of carbonyl (C=O) groups excluding carboxylic acids is 1. The second-order valence-corrected chi connectivity index (χ2v) is 7.54. The number of hydrogen-bond donors (Lipinski definition) is 1. The highest BCUT2D eigenvalue weighted by atomic mass is 35.5. The summed E-state index contributed by atoms with van der Waals surface area (Å²) >= 11 is 7.39. The third kappa shape index (κ3) is 4.46. The Morgan fingerprint density at radius 2 is 2.20 bits per heavy atom. The van der Waals surface area contributed by atoms with Gasteiger partial charge in [0.05, 0.1) is 18.4 Å². The fraction of sp³-hybridized carbons (Fsp3) is 0.471. The molecule has 1 fully saturated rings. The number of methoxy groups -OCH3 is 1. The molecule has 0 aliphatic carbocycles. The van der Waals surface area contributed by atoms with Crippen LogP contribution in [-0.2, 0) is 4.79 Å². The number of benzene rings is 1. The Morgan fingerprint density at radius 3 is 2.92 bits per heavy atom. The van der Waals surface area contributed by atoms with Crippen molar-refractivity contribution < 1.29 is 9.53 Å². The van der Waals surface area contributed by atoms with E-state index in [4.69, 9.17) is 16.3 Å². The molecule has 1 saturated heterocycles. The van der Waals surface area contributed by atoms with Gasteiger partial charge in [-0.25, -0.2) is 4.98 Å². The summed E-state index contributed by atoms with van der Waals surface area (Å²) in [5, 5.41) is 8.20. The molecule has 134 valence electrons. The molecule has 2 aromatic rings. The van der Waals surface area contributed by atoms with Crippen LogP contribution in [0.4, 0.5) is 0 Å². The molecule has 1 amide bonds. The van der Waals surface area contributed by atoms with Crippen molar-refractivity contribution in [1.29, 1.82) is 0 Å². The molecule has 1 aromatic carbocycles. The van der Waals surface area contributed by atoms with Crippen molar-refractivity contribution in [2.45, 2.75) is 24.9 Å². The Hall–Kier alpha value is -1.73. The fourth-order valence-corrected chi connectivity index (χ4v) is 3.65. The van der Waals surface area contributed by atoms with Gasteiger partial charge in [-0.15, -0.1) is 5.10 Å². The van der Waals surface area contributed by atoms with Crippen LogP contribution < -0.4 is 4.74 Å². The normalized spacial score (nSPS) is 15.4. The van der Waals surface area contributed by atoms with E-state index in [1.807, 2.05) is 4.90 Å². The smallest absolute Gasteiger partial charge is 0.233 e. The van der Waals surface area contributed by atoms with Crippen molar-refractivity contribution in [3.8, 4) is 17.1 Å². The number of ether oxygens (including phenoxy) is 1. The van der Waals surface area contributed by atoms with Crippen molar-refractivity contribution in [2.24, 2.45) is 5.92 Å². The lowest BCUT2D eigenvalue weighted by molar-refractivity contribution is -0.129. The van der Waals surface area contributed by atoms with E-state index in [1.165, 1.54) is 11.8 Å². The van der Waals surface area contributed by atoms with E-state index in [9.17, 15) is 4.79 Å². The number of nitrogens with one attached hydrogen (secondary N) is 1. The van der Waals surface area contributed by atoms with E-state index in [-0.39, 0.29) is 5.91 Å². The average molecular weight is 381 g/mol. The molecular formula is C17H21ClN4O2S. The number of piperidine rings is 1. The topological polar surface area (TPSA) is 71.1 Å². The Balaban J connectivity index is 1.62. The maximum absolute atomic E-state index is 12.3. The van der Waals surface area contributed by atoms with Crippen LogP contribution in [0.15, 0.2) is 23.4 Å². The molecule has 2 heterocycles. The van der Waals surface area contributed by atoms with E-state index in [0.717, 1.165) is 31.5 Å². The molecule has 0 bridgehead atoms. The quantitative estimate of drug-likeness (QED) is 0.804. The molecule has 6 nitrogen and oxygen atoms in total. The number of hydrogen-bond acceptors (Lipinski definition) is 5. The van der Waals surface area contributed by atoms with Gasteiger partial charge in [-0.3, -0.25) is 9.89 Å². The predicted octanol–water partition coefficient (Wildman–Crippen LogP) is 3.48. The number of halogens is 1. The van der Waals surface area contributed by atoms with Crippen LogP contribution in [0.2, 0.25) is 5.02 Å². The largest absolute Gasteiger partial charge is 0.496 e. The number of nitrogens with zero attached hydrogens (tertiary/aromatic N) is 3. The summed E-state index contributed by atoms with van der Waals surface area (Å²) in [6.45, 7) is 3.93. The standard InChI is InChI=1S/C17H21ClN4O2S/c1-11-5-7-22(8-6-11)15(23)10-25-17-19-16(20-21-17)13-9-12(18)3-4-14(13)24-2/h3-4,9,11H,5-8,10H2,1-2H3,(H,19,20,21). The van der Waals surface area contributed by atoms with E-state index >= 15 is 0 Å². The van der Waals surface area contributed by atoms with Crippen molar-refractivity contribution in [3.05, 3.63) is 23.2 Å². The number of thioether (sulfide) groups is 1. The van der Waals surface area contributed by atoms with E-state index in [2.05, 4.69) is 22.1 Å². The number of H-pyrrole nitrogens is 1. The second-order valence-electron chi connectivity index (χ2n) is 6.16. The Morgan fingerprint density at radius 1 is 1.44 bits per heavy atom. The number of likely N-dealkylation sites (tertiary alicyclic amines) is 1. The Bertz CT molecular complexity index is 744. The van der Waals surface area contributed by atoms with Gasteiger partial charge >= 0.3 is 0 Å². The van der Waals surface area contributed by atoms with E-state index < -0.39 is 0 Å². The summed E-state index contributed by atoms with van der Waals surface area (Å²) in [4.78, 5) is 18.7. The molecule has 1 aliphatic heterocycles. The first-order valence-electron chi connectivity index (χ1n) is 8.23. The first-order valence-corrected chi connectivity index (χ1v) is 9.60. The monoisotopic (exact) mass is 380 g/mol. The van der Waals surface area contributed by atoms with Gasteiger partial charge in [-0.05, 0) is 37.0 Å². The third-order valence-corrected chi connectivity index (χ3v) is 5.41. The zero-order chi connectivity index (χ0) is 17.8.